The number of nitriles is 1. The van der Waals surface area contributed by atoms with E-state index in [1.807, 2.05) is 20.8 Å². The predicted octanol–water partition coefficient (Wildman–Crippen LogP) is 2.59. The van der Waals surface area contributed by atoms with E-state index in [9.17, 15) is 5.11 Å². The van der Waals surface area contributed by atoms with Crippen molar-refractivity contribution in [1.82, 2.24) is 0 Å². The van der Waals surface area contributed by atoms with Crippen LogP contribution in [0, 0.1) is 11.3 Å². The van der Waals surface area contributed by atoms with Gasteiger partial charge >= 0.3 is 0 Å². The minimum absolute atomic E-state index is 0.106. The zero-order valence-corrected chi connectivity index (χ0v) is 9.24. The molecule has 0 spiro atoms. The van der Waals surface area contributed by atoms with Crippen molar-refractivity contribution in [3.05, 3.63) is 23.8 Å². The molecule has 0 aromatic heterocycles. The number of aromatic hydroxyl groups is 1. The molecule has 0 saturated carbocycles. The first-order valence-electron chi connectivity index (χ1n) is 4.89. The summed E-state index contributed by atoms with van der Waals surface area (Å²) in [5.41, 5.74) is 0.269. The molecule has 1 aromatic rings. The molecule has 0 aliphatic carbocycles. The van der Waals surface area contributed by atoms with Crippen LogP contribution in [0.1, 0.15) is 26.3 Å². The maximum absolute atomic E-state index is 9.50. The van der Waals surface area contributed by atoms with Crippen molar-refractivity contribution < 1.29 is 9.84 Å². The van der Waals surface area contributed by atoms with E-state index in [0.717, 1.165) is 5.56 Å². The van der Waals surface area contributed by atoms with Crippen LogP contribution in [0.15, 0.2) is 18.2 Å². The first-order valence-corrected chi connectivity index (χ1v) is 4.89. The van der Waals surface area contributed by atoms with E-state index >= 15 is 0 Å². The van der Waals surface area contributed by atoms with E-state index in [4.69, 9.17) is 10.00 Å². The summed E-state index contributed by atoms with van der Waals surface area (Å²) in [5.74, 6) is 0.535. The van der Waals surface area contributed by atoms with E-state index in [-0.39, 0.29) is 5.75 Å². The molecule has 0 fully saturated rings. The molecule has 15 heavy (non-hydrogen) atoms. The van der Waals surface area contributed by atoms with Gasteiger partial charge in [0.25, 0.3) is 0 Å². The third-order valence-corrected chi connectivity index (χ3v) is 2.26. The van der Waals surface area contributed by atoms with E-state index < -0.39 is 5.41 Å². The Kier molecular flexibility index (Phi) is 3.21. The number of nitrogens with zero attached hydrogens (tertiary/aromatic N) is 1. The number of phenolic OH excluding ortho intramolecular Hbond substituents is 1. The predicted molar refractivity (Wildman–Crippen MR) is 57.9 cm³/mol. The second-order valence-electron chi connectivity index (χ2n) is 3.85. The zero-order valence-electron chi connectivity index (χ0n) is 9.24. The van der Waals surface area contributed by atoms with Crippen LogP contribution in [0.25, 0.3) is 0 Å². The molecule has 1 N–H and O–H groups in total. The highest BCUT2D eigenvalue weighted by atomic mass is 16.5. The number of rotatable bonds is 3. The lowest BCUT2D eigenvalue weighted by molar-refractivity contribution is 0.317. The molecule has 0 heterocycles. The second kappa shape index (κ2) is 4.22. The van der Waals surface area contributed by atoms with Gasteiger partial charge in [-0.15, -0.1) is 0 Å². The fourth-order valence-electron chi connectivity index (χ4n) is 1.24. The van der Waals surface area contributed by atoms with Gasteiger partial charge in [0, 0.05) is 0 Å². The van der Waals surface area contributed by atoms with Gasteiger partial charge in [-0.05, 0) is 38.5 Å². The Morgan fingerprint density at radius 3 is 2.67 bits per heavy atom. The molecule has 1 aromatic carbocycles. The molecule has 0 atom stereocenters. The van der Waals surface area contributed by atoms with Crippen LogP contribution in [0.2, 0.25) is 0 Å². The molecule has 1 rings (SSSR count). The largest absolute Gasteiger partial charge is 0.504 e. The van der Waals surface area contributed by atoms with Gasteiger partial charge in [0.1, 0.15) is 0 Å². The summed E-state index contributed by atoms with van der Waals surface area (Å²) in [5, 5.41) is 18.5. The molecule has 0 bridgehead atoms. The SMILES string of the molecule is CCOc1cc(C(C)(C)C#N)ccc1O. The average Bonchev–Trinajstić information content (AvgIpc) is 2.21. The van der Waals surface area contributed by atoms with Crippen molar-refractivity contribution >= 4 is 0 Å². The summed E-state index contributed by atoms with van der Waals surface area (Å²) in [6.07, 6.45) is 0. The fraction of sp³-hybridized carbons (Fsp3) is 0.417. The number of benzene rings is 1. The van der Waals surface area contributed by atoms with Gasteiger partial charge in [0.2, 0.25) is 0 Å². The van der Waals surface area contributed by atoms with Gasteiger partial charge < -0.3 is 9.84 Å². The molecule has 0 aliphatic rings. The molecule has 0 saturated heterocycles. The Hall–Kier alpha value is -1.69. The highest BCUT2D eigenvalue weighted by Crippen LogP contribution is 2.32. The quantitative estimate of drug-likeness (QED) is 0.825. The maximum Gasteiger partial charge on any atom is 0.161 e. The normalized spacial score (nSPS) is 10.8. The summed E-state index contributed by atoms with van der Waals surface area (Å²) < 4.78 is 5.26. The molecule has 0 radical (unpaired) electrons. The van der Waals surface area contributed by atoms with Crippen molar-refractivity contribution in [2.75, 3.05) is 6.61 Å². The van der Waals surface area contributed by atoms with Crippen LogP contribution in [-0.2, 0) is 5.41 Å². The minimum atomic E-state index is -0.570. The minimum Gasteiger partial charge on any atom is -0.504 e. The van der Waals surface area contributed by atoms with Crippen LogP contribution in [0.5, 0.6) is 11.5 Å². The van der Waals surface area contributed by atoms with Gasteiger partial charge in [-0.2, -0.15) is 5.26 Å². The molecule has 0 amide bonds. The van der Waals surface area contributed by atoms with Crippen LogP contribution < -0.4 is 4.74 Å². The van der Waals surface area contributed by atoms with Crippen molar-refractivity contribution in [1.29, 1.82) is 5.26 Å². The van der Waals surface area contributed by atoms with E-state index in [2.05, 4.69) is 6.07 Å². The molecule has 0 unspecified atom stereocenters. The van der Waals surface area contributed by atoms with Gasteiger partial charge in [0.15, 0.2) is 11.5 Å². The summed E-state index contributed by atoms with van der Waals surface area (Å²) >= 11 is 0. The first-order chi connectivity index (χ1) is 7.01. The number of phenols is 1. The molecular weight excluding hydrogens is 190 g/mol. The van der Waals surface area contributed by atoms with Crippen molar-refractivity contribution in [3.8, 4) is 17.6 Å². The fourth-order valence-corrected chi connectivity index (χ4v) is 1.24. The lowest BCUT2D eigenvalue weighted by Crippen LogP contribution is -2.13. The Morgan fingerprint density at radius 2 is 2.13 bits per heavy atom. The highest BCUT2D eigenvalue weighted by molar-refractivity contribution is 5.45. The molecular formula is C12H15NO2. The van der Waals surface area contributed by atoms with Crippen LogP contribution >= 0.6 is 0 Å². The van der Waals surface area contributed by atoms with Gasteiger partial charge in [-0.3, -0.25) is 0 Å². The number of hydrogen-bond donors (Lipinski definition) is 1. The van der Waals surface area contributed by atoms with Gasteiger partial charge in [0.05, 0.1) is 18.1 Å². The Balaban J connectivity index is 3.14. The van der Waals surface area contributed by atoms with E-state index in [1.54, 1.807) is 18.2 Å². The highest BCUT2D eigenvalue weighted by Gasteiger charge is 2.21. The Bertz CT molecular complexity index is 391. The molecule has 3 heteroatoms. The standard InChI is InChI=1S/C12H15NO2/c1-4-15-11-7-9(5-6-10(11)14)12(2,3)8-13/h5-7,14H,4H2,1-3H3. The first kappa shape index (κ1) is 11.4. The van der Waals surface area contributed by atoms with Gasteiger partial charge in [-0.1, -0.05) is 6.07 Å². The van der Waals surface area contributed by atoms with Crippen molar-refractivity contribution in [2.45, 2.75) is 26.2 Å². The van der Waals surface area contributed by atoms with E-state index in [1.165, 1.54) is 0 Å². The smallest absolute Gasteiger partial charge is 0.161 e. The third-order valence-electron chi connectivity index (χ3n) is 2.26. The van der Waals surface area contributed by atoms with Crippen LogP contribution in [0.3, 0.4) is 0 Å². The lowest BCUT2D eigenvalue weighted by Gasteiger charge is -2.17. The Labute approximate surface area is 89.9 Å². The zero-order chi connectivity index (χ0) is 11.5. The topological polar surface area (TPSA) is 53.2 Å². The average molecular weight is 205 g/mol. The van der Waals surface area contributed by atoms with E-state index in [0.29, 0.717) is 12.4 Å². The maximum atomic E-state index is 9.50. The van der Waals surface area contributed by atoms with Crippen LogP contribution in [-0.4, -0.2) is 11.7 Å². The summed E-state index contributed by atoms with van der Waals surface area (Å²) in [6.45, 7) is 6.00. The van der Waals surface area contributed by atoms with Crippen molar-refractivity contribution in [3.63, 3.8) is 0 Å². The molecule has 3 nitrogen and oxygen atoms in total. The molecule has 0 aliphatic heterocycles. The number of ether oxygens (including phenoxy) is 1. The Morgan fingerprint density at radius 1 is 1.47 bits per heavy atom. The van der Waals surface area contributed by atoms with Crippen LogP contribution in [0.4, 0.5) is 0 Å². The van der Waals surface area contributed by atoms with Gasteiger partial charge in [-0.25, -0.2) is 0 Å². The monoisotopic (exact) mass is 205 g/mol. The summed E-state index contributed by atoms with van der Waals surface area (Å²) in [4.78, 5) is 0. The summed E-state index contributed by atoms with van der Waals surface area (Å²) in [7, 11) is 0. The summed E-state index contributed by atoms with van der Waals surface area (Å²) in [6, 6.07) is 7.21. The van der Waals surface area contributed by atoms with Crippen molar-refractivity contribution in [2.24, 2.45) is 0 Å². The lowest BCUT2D eigenvalue weighted by atomic mass is 9.86. The molecule has 80 valence electrons. The second-order valence-corrected chi connectivity index (χ2v) is 3.85. The third kappa shape index (κ3) is 2.41. The number of hydrogen-bond acceptors (Lipinski definition) is 3.